The van der Waals surface area contributed by atoms with Crippen molar-refractivity contribution < 1.29 is 27.6 Å². The lowest BCUT2D eigenvalue weighted by molar-refractivity contribution is -0.147. The first kappa shape index (κ1) is 22.3. The predicted octanol–water partition coefficient (Wildman–Crippen LogP) is 2.83. The molecule has 0 spiro atoms. The molecule has 31 heavy (non-hydrogen) atoms. The van der Waals surface area contributed by atoms with Gasteiger partial charge < -0.3 is 15.1 Å². The summed E-state index contributed by atoms with van der Waals surface area (Å²) in [5.74, 6) is -2.26. The highest BCUT2D eigenvalue weighted by Crippen LogP contribution is 2.29. The number of alkyl halides is 3. The summed E-state index contributed by atoms with van der Waals surface area (Å²) in [4.78, 5) is 40.0. The second-order valence-corrected chi connectivity index (χ2v) is 7.36. The van der Waals surface area contributed by atoms with Gasteiger partial charge in [0.05, 0.1) is 11.5 Å². The van der Waals surface area contributed by atoms with E-state index in [0.29, 0.717) is 24.3 Å². The van der Waals surface area contributed by atoms with Gasteiger partial charge in [-0.3, -0.25) is 14.4 Å². The molecule has 2 aromatic rings. The van der Waals surface area contributed by atoms with E-state index in [-0.39, 0.29) is 19.0 Å². The highest BCUT2D eigenvalue weighted by atomic mass is 19.4. The van der Waals surface area contributed by atoms with Gasteiger partial charge in [0, 0.05) is 31.9 Å². The van der Waals surface area contributed by atoms with Crippen molar-refractivity contribution >= 4 is 23.4 Å². The van der Waals surface area contributed by atoms with Crippen LogP contribution in [0.4, 0.5) is 18.9 Å². The molecule has 1 atom stereocenters. The Morgan fingerprint density at radius 3 is 2.26 bits per heavy atom. The van der Waals surface area contributed by atoms with Gasteiger partial charge in [-0.2, -0.15) is 13.2 Å². The summed E-state index contributed by atoms with van der Waals surface area (Å²) in [6.45, 7) is 2.40. The number of piperazine rings is 1. The second-order valence-electron chi connectivity index (χ2n) is 7.36. The van der Waals surface area contributed by atoms with Crippen LogP contribution in [0.5, 0.6) is 0 Å². The number of anilines is 1. The number of halogens is 3. The Morgan fingerprint density at radius 1 is 1.00 bits per heavy atom. The zero-order valence-electron chi connectivity index (χ0n) is 16.9. The lowest BCUT2D eigenvalue weighted by Gasteiger charge is -2.34. The van der Waals surface area contributed by atoms with E-state index in [1.165, 1.54) is 21.9 Å². The first-order chi connectivity index (χ1) is 14.7. The smallest absolute Gasteiger partial charge is 0.352 e. The molecule has 0 unspecified atom stereocenters. The normalized spacial score (nSPS) is 15.7. The van der Waals surface area contributed by atoms with Crippen molar-refractivity contribution in [2.24, 2.45) is 5.92 Å². The lowest BCUT2D eigenvalue weighted by atomic mass is 10.1. The Labute approximate surface area is 177 Å². The summed E-state index contributed by atoms with van der Waals surface area (Å²) in [7, 11) is 0. The van der Waals surface area contributed by atoms with Crippen molar-refractivity contribution in [1.82, 2.24) is 10.2 Å². The Kier molecular flexibility index (Phi) is 6.62. The maximum Gasteiger partial charge on any atom is 0.416 e. The molecule has 3 amide bonds. The zero-order valence-corrected chi connectivity index (χ0v) is 16.9. The van der Waals surface area contributed by atoms with Gasteiger partial charge in [-0.25, -0.2) is 0 Å². The van der Waals surface area contributed by atoms with E-state index in [1.54, 1.807) is 31.2 Å². The molecule has 1 aliphatic rings. The number of nitrogens with zero attached hydrogens (tertiary/aromatic N) is 2. The van der Waals surface area contributed by atoms with Crippen LogP contribution in [-0.4, -0.2) is 42.3 Å². The molecule has 164 valence electrons. The molecule has 3 rings (SSSR count). The third-order valence-corrected chi connectivity index (χ3v) is 5.07. The molecular formula is C22H22F3N3O3. The fourth-order valence-corrected chi connectivity index (χ4v) is 3.29. The van der Waals surface area contributed by atoms with E-state index in [4.69, 9.17) is 0 Å². The van der Waals surface area contributed by atoms with Crippen LogP contribution in [0, 0.1) is 5.92 Å². The van der Waals surface area contributed by atoms with E-state index in [2.05, 4.69) is 5.32 Å². The number of para-hydroxylation sites is 1. The molecule has 6 nitrogen and oxygen atoms in total. The third-order valence-electron chi connectivity index (χ3n) is 5.07. The van der Waals surface area contributed by atoms with Gasteiger partial charge in [0.25, 0.3) is 0 Å². The van der Waals surface area contributed by atoms with E-state index >= 15 is 0 Å². The molecule has 0 radical (unpaired) electrons. The molecule has 0 bridgehead atoms. The number of carbonyl (C=O) groups is 3. The number of hydrogen-bond acceptors (Lipinski definition) is 3. The number of rotatable bonds is 6. The Morgan fingerprint density at radius 2 is 1.65 bits per heavy atom. The first-order valence-electron chi connectivity index (χ1n) is 9.76. The quantitative estimate of drug-likeness (QED) is 0.713. The summed E-state index contributed by atoms with van der Waals surface area (Å²) < 4.78 is 37.8. The van der Waals surface area contributed by atoms with Gasteiger partial charge in [0.2, 0.25) is 5.91 Å². The van der Waals surface area contributed by atoms with Crippen molar-refractivity contribution in [3.05, 3.63) is 65.7 Å². The van der Waals surface area contributed by atoms with Gasteiger partial charge >= 0.3 is 18.0 Å². The number of carbonyl (C=O) groups excluding carboxylic acids is 3. The minimum Gasteiger partial charge on any atom is -0.352 e. The molecular weight excluding hydrogens is 411 g/mol. The zero-order chi connectivity index (χ0) is 22.6. The lowest BCUT2D eigenvalue weighted by Crippen LogP contribution is -2.56. The minimum atomic E-state index is -4.41. The van der Waals surface area contributed by atoms with Crippen LogP contribution in [0.1, 0.15) is 18.1 Å². The number of amides is 3. The Hall–Kier alpha value is -3.36. The highest BCUT2D eigenvalue weighted by molar-refractivity contribution is 6.41. The van der Waals surface area contributed by atoms with Crippen molar-refractivity contribution in [2.45, 2.75) is 19.6 Å². The summed E-state index contributed by atoms with van der Waals surface area (Å²) in [5.41, 5.74) is 0.410. The van der Waals surface area contributed by atoms with Crippen LogP contribution in [0.3, 0.4) is 0 Å². The third kappa shape index (κ3) is 5.42. The molecule has 1 fully saturated rings. The van der Waals surface area contributed by atoms with Crippen molar-refractivity contribution in [1.29, 1.82) is 0 Å². The molecule has 0 aromatic heterocycles. The minimum absolute atomic E-state index is 0.0654. The summed E-state index contributed by atoms with van der Waals surface area (Å²) in [6, 6.07) is 13.4. The van der Waals surface area contributed by atoms with E-state index < -0.39 is 29.5 Å². The average molecular weight is 433 g/mol. The van der Waals surface area contributed by atoms with E-state index in [0.717, 1.165) is 12.1 Å². The monoisotopic (exact) mass is 433 g/mol. The van der Waals surface area contributed by atoms with Crippen LogP contribution < -0.4 is 10.2 Å². The first-order valence-corrected chi connectivity index (χ1v) is 9.76. The van der Waals surface area contributed by atoms with Gasteiger partial charge in [-0.1, -0.05) is 37.3 Å². The van der Waals surface area contributed by atoms with Gasteiger partial charge in [-0.05, 0) is 29.8 Å². The average Bonchev–Trinajstić information content (AvgIpc) is 2.75. The maximum atomic E-state index is 12.6. The Balaban J connectivity index is 1.52. The van der Waals surface area contributed by atoms with Crippen LogP contribution in [0.15, 0.2) is 54.6 Å². The fourth-order valence-electron chi connectivity index (χ4n) is 3.29. The molecule has 1 saturated heterocycles. The number of nitrogens with one attached hydrogen (secondary N) is 1. The van der Waals surface area contributed by atoms with Crippen molar-refractivity contribution in [3.63, 3.8) is 0 Å². The molecule has 1 N–H and O–H groups in total. The van der Waals surface area contributed by atoms with Crippen LogP contribution >= 0.6 is 0 Å². The molecule has 2 aromatic carbocycles. The number of benzene rings is 2. The van der Waals surface area contributed by atoms with E-state index in [9.17, 15) is 27.6 Å². The molecule has 9 heteroatoms. The maximum absolute atomic E-state index is 12.6. The van der Waals surface area contributed by atoms with E-state index in [1.807, 2.05) is 6.07 Å². The van der Waals surface area contributed by atoms with Crippen molar-refractivity contribution in [2.75, 3.05) is 24.5 Å². The standard InChI is InChI=1S/C22H22F3N3O3/c1-15(19(29)26-13-16-7-9-17(10-8-16)22(23,24)25)14-27-11-12-28(21(31)20(27)30)18-5-3-2-4-6-18/h2-10,15H,11-14H2,1H3,(H,26,29)/t15-/m0/s1. The Bertz CT molecular complexity index is 946. The molecule has 1 aliphatic heterocycles. The van der Waals surface area contributed by atoms with Gasteiger partial charge in [0.15, 0.2) is 0 Å². The van der Waals surface area contributed by atoms with Crippen molar-refractivity contribution in [3.8, 4) is 0 Å². The fraction of sp³-hybridized carbons (Fsp3) is 0.318. The molecule has 0 aliphatic carbocycles. The number of hydrogen-bond donors (Lipinski definition) is 1. The van der Waals surface area contributed by atoms with Gasteiger partial charge in [-0.15, -0.1) is 0 Å². The largest absolute Gasteiger partial charge is 0.416 e. The predicted molar refractivity (Wildman–Crippen MR) is 108 cm³/mol. The SMILES string of the molecule is C[C@@H](CN1CCN(c2ccccc2)C(=O)C1=O)C(=O)NCc1ccc(C(F)(F)F)cc1. The molecule has 0 saturated carbocycles. The highest BCUT2D eigenvalue weighted by Gasteiger charge is 2.34. The summed E-state index contributed by atoms with van der Waals surface area (Å²) in [5, 5.41) is 2.65. The van der Waals surface area contributed by atoms with Crippen LogP contribution in [0.2, 0.25) is 0 Å². The summed E-state index contributed by atoms with van der Waals surface area (Å²) in [6.07, 6.45) is -4.41. The molecule has 1 heterocycles. The second kappa shape index (κ2) is 9.20. The topological polar surface area (TPSA) is 69.7 Å². The van der Waals surface area contributed by atoms with Crippen LogP contribution in [-0.2, 0) is 27.1 Å². The van der Waals surface area contributed by atoms with Gasteiger partial charge in [0.1, 0.15) is 0 Å². The summed E-state index contributed by atoms with van der Waals surface area (Å²) >= 11 is 0. The van der Waals surface area contributed by atoms with Crippen LogP contribution in [0.25, 0.3) is 0 Å².